The van der Waals surface area contributed by atoms with E-state index in [9.17, 15) is 24.6 Å². The van der Waals surface area contributed by atoms with Crippen LogP contribution < -0.4 is 16.2 Å². The number of hydrogen-bond donors (Lipinski definition) is 4. The third-order valence-corrected chi connectivity index (χ3v) is 5.57. The monoisotopic (exact) mass is 447 g/mol. The van der Waals surface area contributed by atoms with E-state index >= 15 is 0 Å². The van der Waals surface area contributed by atoms with E-state index in [1.165, 1.54) is 35.2 Å². The van der Waals surface area contributed by atoms with Crippen LogP contribution in [-0.2, 0) is 11.8 Å². The quantitative estimate of drug-likeness (QED) is 0.458. The molecule has 3 rings (SSSR count). The molecule has 156 valence electrons. The number of hydrogen-bond acceptors (Lipinski definition) is 5. The second-order valence-electron chi connectivity index (χ2n) is 6.49. The fourth-order valence-electron chi connectivity index (χ4n) is 2.80. The van der Waals surface area contributed by atoms with Crippen LogP contribution in [0.25, 0.3) is 11.1 Å². The number of nitrogens with zero attached hydrogens (tertiary/aromatic N) is 1. The minimum atomic E-state index is -1.10. The van der Waals surface area contributed by atoms with Crippen molar-refractivity contribution in [3.8, 4) is 16.9 Å². The van der Waals surface area contributed by atoms with Gasteiger partial charge in [-0.1, -0.05) is 23.7 Å². The van der Waals surface area contributed by atoms with Gasteiger partial charge < -0.3 is 25.4 Å². The normalized spacial score (nSPS) is 11.7. The van der Waals surface area contributed by atoms with Gasteiger partial charge in [-0.15, -0.1) is 11.3 Å². The summed E-state index contributed by atoms with van der Waals surface area (Å²) in [5.74, 6) is -1.49. The molecule has 0 saturated carbocycles. The summed E-state index contributed by atoms with van der Waals surface area (Å²) in [5.41, 5.74) is 0.808. The van der Waals surface area contributed by atoms with Crippen LogP contribution in [0.5, 0.6) is 5.75 Å². The van der Waals surface area contributed by atoms with Crippen LogP contribution in [0.2, 0.25) is 5.02 Å². The number of carbonyl (C=O) groups excluding carboxylic acids is 1. The van der Waals surface area contributed by atoms with Gasteiger partial charge in [0.2, 0.25) is 0 Å². The number of aryl methyl sites for hydroxylation is 1. The number of urea groups is 1. The number of thiophene rings is 1. The van der Waals surface area contributed by atoms with Gasteiger partial charge in [0.25, 0.3) is 5.56 Å². The Morgan fingerprint density at radius 1 is 1.23 bits per heavy atom. The minimum absolute atomic E-state index is 0.294. The largest absolute Gasteiger partial charge is 0.505 e. The molecule has 0 aliphatic carbocycles. The number of aromatic hydroxyl groups is 1. The van der Waals surface area contributed by atoms with Crippen molar-refractivity contribution in [2.75, 3.05) is 5.32 Å². The summed E-state index contributed by atoms with van der Waals surface area (Å²) in [4.78, 5) is 36.5. The fraction of sp³-hybridized carbons (Fsp3) is 0.150. The topological polar surface area (TPSA) is 121 Å². The summed E-state index contributed by atoms with van der Waals surface area (Å²) in [7, 11) is 1.47. The first-order chi connectivity index (χ1) is 14.2. The third kappa shape index (κ3) is 5.00. The Hall–Kier alpha value is -3.30. The molecule has 1 aromatic carbocycles. The van der Waals surface area contributed by atoms with Crippen molar-refractivity contribution in [2.45, 2.75) is 12.5 Å². The van der Waals surface area contributed by atoms with Crippen LogP contribution in [0, 0.1) is 0 Å². The zero-order valence-corrected chi connectivity index (χ0v) is 17.3. The van der Waals surface area contributed by atoms with Gasteiger partial charge in [-0.3, -0.25) is 9.59 Å². The van der Waals surface area contributed by atoms with Crippen LogP contribution in [0.1, 0.15) is 17.3 Å². The van der Waals surface area contributed by atoms with Gasteiger partial charge in [0.05, 0.1) is 12.5 Å². The predicted molar refractivity (Wildman–Crippen MR) is 115 cm³/mol. The maximum Gasteiger partial charge on any atom is 0.320 e. The van der Waals surface area contributed by atoms with Crippen LogP contribution in [0.15, 0.2) is 52.8 Å². The second kappa shape index (κ2) is 9.02. The van der Waals surface area contributed by atoms with E-state index in [2.05, 4.69) is 10.6 Å². The van der Waals surface area contributed by atoms with E-state index in [4.69, 9.17) is 11.6 Å². The molecule has 4 N–H and O–H groups in total. The number of halogens is 1. The van der Waals surface area contributed by atoms with Gasteiger partial charge in [0.15, 0.2) is 5.69 Å². The molecule has 0 aliphatic heterocycles. The number of pyridine rings is 1. The summed E-state index contributed by atoms with van der Waals surface area (Å²) in [5, 5.41) is 26.4. The van der Waals surface area contributed by atoms with Gasteiger partial charge in [-0.25, -0.2) is 4.79 Å². The highest BCUT2D eigenvalue weighted by molar-refractivity contribution is 7.10. The maximum absolute atomic E-state index is 12.4. The Balaban J connectivity index is 1.82. The summed E-state index contributed by atoms with van der Waals surface area (Å²) in [6.07, 6.45) is 0.999. The molecule has 8 nitrogen and oxygen atoms in total. The molecular formula is C20H18ClN3O5S. The Labute approximate surface area is 180 Å². The van der Waals surface area contributed by atoms with Crippen molar-refractivity contribution in [2.24, 2.45) is 7.05 Å². The van der Waals surface area contributed by atoms with E-state index in [1.807, 2.05) is 17.5 Å². The zero-order valence-electron chi connectivity index (χ0n) is 15.8. The lowest BCUT2D eigenvalue weighted by molar-refractivity contribution is -0.137. The SMILES string of the molecule is Cn1ccc(O)c(NC(=O)N[C@@H](CC(=O)O)c2cc(-c3cccc(Cl)c3)cs2)c1=O. The number of benzene rings is 1. The second-order valence-corrected chi connectivity index (χ2v) is 7.87. The summed E-state index contributed by atoms with van der Waals surface area (Å²) < 4.78 is 1.20. The lowest BCUT2D eigenvalue weighted by Gasteiger charge is -2.16. The lowest BCUT2D eigenvalue weighted by Crippen LogP contribution is -2.35. The summed E-state index contributed by atoms with van der Waals surface area (Å²) in [6.45, 7) is 0. The van der Waals surface area contributed by atoms with E-state index in [0.717, 1.165) is 11.1 Å². The standard InChI is InChI=1S/C20H18ClN3O5S/c1-24-6-5-15(25)18(19(24)28)23-20(29)22-14(9-17(26)27)16-8-12(10-30-16)11-3-2-4-13(21)7-11/h2-8,10,14,25H,9H2,1H3,(H,26,27)(H2,22,23,29)/t14-/m0/s1. The van der Waals surface area contributed by atoms with Gasteiger partial charge in [-0.2, -0.15) is 0 Å². The third-order valence-electron chi connectivity index (χ3n) is 4.29. The predicted octanol–water partition coefficient (Wildman–Crippen LogP) is 3.81. The molecule has 30 heavy (non-hydrogen) atoms. The first kappa shape index (κ1) is 21.4. The highest BCUT2D eigenvalue weighted by Crippen LogP contribution is 2.32. The number of rotatable bonds is 6. The number of nitrogens with one attached hydrogen (secondary N) is 2. The zero-order chi connectivity index (χ0) is 21.8. The van der Waals surface area contributed by atoms with Crippen LogP contribution in [0.3, 0.4) is 0 Å². The molecule has 0 spiro atoms. The molecule has 0 saturated heterocycles. The molecule has 3 aromatic rings. The van der Waals surface area contributed by atoms with Crippen molar-refractivity contribution in [3.63, 3.8) is 0 Å². The molecule has 0 bridgehead atoms. The van der Waals surface area contributed by atoms with Crippen molar-refractivity contribution in [3.05, 3.63) is 68.2 Å². The molecule has 2 heterocycles. The molecule has 0 fully saturated rings. The highest BCUT2D eigenvalue weighted by atomic mass is 35.5. The lowest BCUT2D eigenvalue weighted by atomic mass is 10.1. The summed E-state index contributed by atoms with van der Waals surface area (Å²) >= 11 is 7.32. The maximum atomic E-state index is 12.4. The van der Waals surface area contributed by atoms with Crippen molar-refractivity contribution in [1.82, 2.24) is 9.88 Å². The average Bonchev–Trinajstić information content (AvgIpc) is 3.18. The molecule has 2 amide bonds. The average molecular weight is 448 g/mol. The Morgan fingerprint density at radius 3 is 2.70 bits per heavy atom. The molecule has 0 radical (unpaired) electrons. The number of carboxylic acids is 1. The first-order valence-electron chi connectivity index (χ1n) is 8.77. The van der Waals surface area contributed by atoms with Crippen LogP contribution in [-0.4, -0.2) is 26.8 Å². The number of aliphatic carboxylic acids is 1. The smallest absolute Gasteiger partial charge is 0.320 e. The van der Waals surface area contributed by atoms with Gasteiger partial charge in [0.1, 0.15) is 5.75 Å². The van der Waals surface area contributed by atoms with E-state index < -0.39 is 23.6 Å². The van der Waals surface area contributed by atoms with E-state index in [0.29, 0.717) is 9.90 Å². The Kier molecular flexibility index (Phi) is 6.43. The number of amides is 2. The number of anilines is 1. The van der Waals surface area contributed by atoms with Gasteiger partial charge in [0, 0.05) is 23.1 Å². The van der Waals surface area contributed by atoms with Gasteiger partial charge in [-0.05, 0) is 40.8 Å². The first-order valence-corrected chi connectivity index (χ1v) is 10.0. The number of carboxylic acid groups (broad SMARTS) is 1. The fourth-order valence-corrected chi connectivity index (χ4v) is 3.96. The van der Waals surface area contributed by atoms with Crippen molar-refractivity contribution in [1.29, 1.82) is 0 Å². The van der Waals surface area contributed by atoms with Crippen LogP contribution in [0.4, 0.5) is 10.5 Å². The minimum Gasteiger partial charge on any atom is -0.505 e. The van der Waals surface area contributed by atoms with E-state index in [1.54, 1.807) is 18.2 Å². The van der Waals surface area contributed by atoms with Crippen molar-refractivity contribution < 1.29 is 19.8 Å². The molecule has 1 atom stereocenters. The molecule has 2 aromatic heterocycles. The molecule has 10 heteroatoms. The van der Waals surface area contributed by atoms with E-state index in [-0.39, 0.29) is 17.9 Å². The number of aromatic nitrogens is 1. The molecule has 0 unspecified atom stereocenters. The van der Waals surface area contributed by atoms with Crippen LogP contribution >= 0.6 is 22.9 Å². The summed E-state index contributed by atoms with van der Waals surface area (Å²) in [6, 6.07) is 8.62. The Morgan fingerprint density at radius 2 is 2.00 bits per heavy atom. The highest BCUT2D eigenvalue weighted by Gasteiger charge is 2.21. The van der Waals surface area contributed by atoms with Gasteiger partial charge >= 0.3 is 12.0 Å². The molecule has 0 aliphatic rings. The number of carbonyl (C=O) groups is 2. The van der Waals surface area contributed by atoms with Crippen molar-refractivity contribution >= 4 is 40.6 Å². The Bertz CT molecular complexity index is 1160. The molecular weight excluding hydrogens is 430 g/mol.